The minimum Gasteiger partial charge on any atom is -0.477 e. The molecular weight excluding hydrogens is 242 g/mol. The molecule has 0 aliphatic rings. The first-order valence-electron chi connectivity index (χ1n) is 4.95. The average molecular weight is 253 g/mol. The van der Waals surface area contributed by atoms with E-state index in [1.165, 1.54) is 6.07 Å². The molecule has 8 nitrogen and oxygen atoms in total. The molecule has 1 aromatic carbocycles. The summed E-state index contributed by atoms with van der Waals surface area (Å²) in [5, 5.41) is 22.2. The number of carbonyl (C=O) groups excluding carboxylic acids is 1. The average Bonchev–Trinajstić information content (AvgIpc) is 2.28. The van der Waals surface area contributed by atoms with Crippen molar-refractivity contribution in [1.29, 1.82) is 0 Å². The number of primary amides is 1. The number of benzene rings is 1. The van der Waals surface area contributed by atoms with Crippen molar-refractivity contribution in [1.82, 2.24) is 0 Å². The van der Waals surface area contributed by atoms with Crippen LogP contribution in [0, 0.1) is 10.1 Å². The molecule has 0 spiro atoms. The number of anilines is 1. The van der Waals surface area contributed by atoms with Gasteiger partial charge in [-0.05, 0) is 12.1 Å². The van der Waals surface area contributed by atoms with Gasteiger partial charge in [-0.25, -0.2) is 4.79 Å². The Balaban J connectivity index is 2.90. The molecule has 1 rings (SSSR count). The van der Waals surface area contributed by atoms with Crippen LogP contribution in [0.15, 0.2) is 18.2 Å². The Labute approximate surface area is 102 Å². The number of nitrogens with one attached hydrogen (secondary N) is 1. The van der Waals surface area contributed by atoms with Gasteiger partial charge in [-0.1, -0.05) is 0 Å². The van der Waals surface area contributed by atoms with Crippen molar-refractivity contribution >= 4 is 23.3 Å². The van der Waals surface area contributed by atoms with Crippen molar-refractivity contribution < 1.29 is 19.6 Å². The molecule has 0 unspecified atom stereocenters. The van der Waals surface area contributed by atoms with Crippen molar-refractivity contribution in [3.05, 3.63) is 33.9 Å². The number of nitrogens with two attached hydrogens (primary N) is 1. The molecule has 0 atom stereocenters. The van der Waals surface area contributed by atoms with E-state index in [0.717, 1.165) is 12.1 Å². The Morgan fingerprint density at radius 3 is 2.61 bits per heavy atom. The maximum Gasteiger partial charge on any atom is 0.342 e. The fourth-order valence-corrected chi connectivity index (χ4v) is 1.31. The van der Waals surface area contributed by atoms with Gasteiger partial charge in [0.15, 0.2) is 0 Å². The molecule has 0 saturated heterocycles. The largest absolute Gasteiger partial charge is 0.477 e. The van der Waals surface area contributed by atoms with Crippen molar-refractivity contribution in [2.75, 3.05) is 11.9 Å². The van der Waals surface area contributed by atoms with E-state index in [0.29, 0.717) is 5.69 Å². The van der Waals surface area contributed by atoms with Gasteiger partial charge in [-0.15, -0.1) is 0 Å². The molecule has 0 saturated carbocycles. The Morgan fingerprint density at radius 2 is 2.11 bits per heavy atom. The van der Waals surface area contributed by atoms with Gasteiger partial charge in [0, 0.05) is 24.7 Å². The Bertz CT molecular complexity index is 500. The van der Waals surface area contributed by atoms with Crippen LogP contribution in [0.2, 0.25) is 0 Å². The highest BCUT2D eigenvalue weighted by Crippen LogP contribution is 2.22. The van der Waals surface area contributed by atoms with E-state index < -0.39 is 28.1 Å². The smallest absolute Gasteiger partial charge is 0.342 e. The monoisotopic (exact) mass is 253 g/mol. The number of aromatic carboxylic acids is 1. The normalized spacial score (nSPS) is 9.78. The number of amides is 1. The molecule has 0 fully saturated rings. The first kappa shape index (κ1) is 13.4. The lowest BCUT2D eigenvalue weighted by atomic mass is 10.1. The predicted molar refractivity (Wildman–Crippen MR) is 62.4 cm³/mol. The fourth-order valence-electron chi connectivity index (χ4n) is 1.31. The van der Waals surface area contributed by atoms with Crippen LogP contribution in [0.1, 0.15) is 16.8 Å². The summed E-state index contributed by atoms with van der Waals surface area (Å²) in [6.07, 6.45) is 0.0827. The van der Waals surface area contributed by atoms with Crippen LogP contribution in [-0.4, -0.2) is 28.5 Å². The van der Waals surface area contributed by atoms with E-state index in [9.17, 15) is 19.7 Å². The summed E-state index contributed by atoms with van der Waals surface area (Å²) in [5.74, 6) is -1.89. The number of rotatable bonds is 6. The summed E-state index contributed by atoms with van der Waals surface area (Å²) in [4.78, 5) is 31.2. The zero-order chi connectivity index (χ0) is 13.7. The molecule has 4 N–H and O–H groups in total. The lowest BCUT2D eigenvalue weighted by molar-refractivity contribution is -0.385. The first-order chi connectivity index (χ1) is 8.41. The molecule has 0 aliphatic carbocycles. The van der Waals surface area contributed by atoms with E-state index >= 15 is 0 Å². The highest BCUT2D eigenvalue weighted by Gasteiger charge is 2.19. The van der Waals surface area contributed by atoms with E-state index in [2.05, 4.69) is 5.32 Å². The zero-order valence-corrected chi connectivity index (χ0v) is 9.25. The van der Waals surface area contributed by atoms with E-state index in [4.69, 9.17) is 10.8 Å². The molecule has 0 aliphatic heterocycles. The molecule has 96 valence electrons. The lowest BCUT2D eigenvalue weighted by Crippen LogP contribution is -2.16. The number of hydrogen-bond donors (Lipinski definition) is 3. The van der Waals surface area contributed by atoms with Crippen LogP contribution in [0.3, 0.4) is 0 Å². The van der Waals surface area contributed by atoms with Gasteiger partial charge >= 0.3 is 5.97 Å². The Hall–Kier alpha value is -2.64. The third kappa shape index (κ3) is 3.44. The maximum atomic E-state index is 10.9. The van der Waals surface area contributed by atoms with Crippen LogP contribution in [-0.2, 0) is 4.79 Å². The lowest BCUT2D eigenvalue weighted by Gasteiger charge is -2.06. The van der Waals surface area contributed by atoms with E-state index in [1.807, 2.05) is 0 Å². The molecule has 18 heavy (non-hydrogen) atoms. The highest BCUT2D eigenvalue weighted by atomic mass is 16.6. The second-order valence-corrected chi connectivity index (χ2v) is 3.44. The molecule has 0 heterocycles. The number of carbonyl (C=O) groups is 2. The van der Waals surface area contributed by atoms with Gasteiger partial charge < -0.3 is 16.2 Å². The number of carboxylic acids is 1. The van der Waals surface area contributed by atoms with Crippen LogP contribution < -0.4 is 11.1 Å². The van der Waals surface area contributed by atoms with Crippen molar-refractivity contribution in [2.24, 2.45) is 5.73 Å². The Morgan fingerprint density at radius 1 is 1.44 bits per heavy atom. The molecule has 8 heteroatoms. The van der Waals surface area contributed by atoms with Gasteiger partial charge in [-0.3, -0.25) is 14.9 Å². The maximum absolute atomic E-state index is 10.9. The third-order valence-electron chi connectivity index (χ3n) is 2.12. The van der Waals surface area contributed by atoms with E-state index in [-0.39, 0.29) is 13.0 Å². The summed E-state index contributed by atoms with van der Waals surface area (Å²) in [6, 6.07) is 3.60. The van der Waals surface area contributed by atoms with Crippen LogP contribution >= 0.6 is 0 Å². The van der Waals surface area contributed by atoms with Gasteiger partial charge in [0.05, 0.1) is 4.92 Å². The highest BCUT2D eigenvalue weighted by molar-refractivity contribution is 5.93. The molecule has 0 bridgehead atoms. The van der Waals surface area contributed by atoms with Crippen LogP contribution in [0.4, 0.5) is 11.4 Å². The SMILES string of the molecule is NC(=O)CCNc1ccc([N+](=O)[O-])c(C(=O)O)c1. The predicted octanol–water partition coefficient (Wildman–Crippen LogP) is 0.580. The van der Waals surface area contributed by atoms with Crippen LogP contribution in [0.25, 0.3) is 0 Å². The van der Waals surface area contributed by atoms with Gasteiger partial charge in [-0.2, -0.15) is 0 Å². The number of nitro groups is 1. The summed E-state index contributed by atoms with van der Waals surface area (Å²) < 4.78 is 0. The number of nitro benzene ring substituents is 1. The number of carboxylic acid groups (broad SMARTS) is 1. The molecule has 0 radical (unpaired) electrons. The summed E-state index contributed by atoms with van der Waals surface area (Å²) in [6.45, 7) is 0.228. The van der Waals surface area contributed by atoms with Gasteiger partial charge in [0.25, 0.3) is 5.69 Å². The fraction of sp³-hybridized carbons (Fsp3) is 0.200. The van der Waals surface area contributed by atoms with Crippen LogP contribution in [0.5, 0.6) is 0 Å². The van der Waals surface area contributed by atoms with Gasteiger partial charge in [0.1, 0.15) is 5.56 Å². The summed E-state index contributed by atoms with van der Waals surface area (Å²) >= 11 is 0. The third-order valence-corrected chi connectivity index (χ3v) is 2.12. The first-order valence-corrected chi connectivity index (χ1v) is 4.95. The standard InChI is InChI=1S/C10H11N3O5/c11-9(14)3-4-12-6-1-2-8(13(17)18)7(5-6)10(15)16/h1-2,5,12H,3-4H2,(H2,11,14)(H,15,16). The zero-order valence-electron chi connectivity index (χ0n) is 9.25. The topological polar surface area (TPSA) is 136 Å². The van der Waals surface area contributed by atoms with Crippen molar-refractivity contribution in [3.8, 4) is 0 Å². The quantitative estimate of drug-likeness (QED) is 0.501. The summed E-state index contributed by atoms with van der Waals surface area (Å²) in [7, 11) is 0. The van der Waals surface area contributed by atoms with Gasteiger partial charge in [0.2, 0.25) is 5.91 Å². The number of hydrogen-bond acceptors (Lipinski definition) is 5. The van der Waals surface area contributed by atoms with Crippen molar-refractivity contribution in [2.45, 2.75) is 6.42 Å². The van der Waals surface area contributed by atoms with Crippen molar-refractivity contribution in [3.63, 3.8) is 0 Å². The Kier molecular flexibility index (Phi) is 4.19. The molecule has 1 aromatic rings. The van der Waals surface area contributed by atoms with E-state index in [1.54, 1.807) is 0 Å². The molecular formula is C10H11N3O5. The minimum absolute atomic E-state index is 0.0827. The second-order valence-electron chi connectivity index (χ2n) is 3.44. The summed E-state index contributed by atoms with van der Waals surface area (Å²) in [5.41, 5.74) is 4.41. The molecule has 0 aromatic heterocycles. The second kappa shape index (κ2) is 5.62. The number of nitrogens with zero attached hydrogens (tertiary/aromatic N) is 1. The molecule has 1 amide bonds. The minimum atomic E-state index is -1.39.